The van der Waals surface area contributed by atoms with Crippen LogP contribution in [0.25, 0.3) is 33.5 Å². The second-order valence-electron chi connectivity index (χ2n) is 8.56. The SMILES string of the molecule is O=c1c2ccccc2nc(-c2cc3cc(Br)ccc3o2)n1N=Cc1ccc(OCc2ccccc2F)cc1. The highest BCUT2D eigenvalue weighted by Gasteiger charge is 2.16. The summed E-state index contributed by atoms with van der Waals surface area (Å²) in [6, 6.07) is 28.3. The molecule has 2 heterocycles. The predicted molar refractivity (Wildman–Crippen MR) is 149 cm³/mol. The summed E-state index contributed by atoms with van der Waals surface area (Å²) < 4.78 is 27.7. The summed E-state index contributed by atoms with van der Waals surface area (Å²) in [6.45, 7) is 0.121. The van der Waals surface area contributed by atoms with Crippen LogP contribution in [0.4, 0.5) is 4.39 Å². The number of halogens is 2. The van der Waals surface area contributed by atoms with Crippen molar-refractivity contribution in [2.75, 3.05) is 0 Å². The summed E-state index contributed by atoms with van der Waals surface area (Å²) in [5, 5.41) is 5.80. The van der Waals surface area contributed by atoms with Crippen molar-refractivity contribution in [1.82, 2.24) is 9.66 Å². The molecule has 6 aromatic rings. The van der Waals surface area contributed by atoms with Crippen molar-refractivity contribution < 1.29 is 13.5 Å². The topological polar surface area (TPSA) is 69.6 Å². The largest absolute Gasteiger partial charge is 0.489 e. The lowest BCUT2D eigenvalue weighted by Crippen LogP contribution is -2.20. The Labute approximate surface area is 224 Å². The number of aromatic nitrogens is 2. The van der Waals surface area contributed by atoms with Crippen molar-refractivity contribution in [2.45, 2.75) is 6.61 Å². The first kappa shape index (κ1) is 23.8. The third-order valence-electron chi connectivity index (χ3n) is 6.01. The minimum absolute atomic E-state index is 0.121. The quantitative estimate of drug-likeness (QED) is 0.200. The molecule has 0 bridgehead atoms. The number of hydrogen-bond donors (Lipinski definition) is 0. The Kier molecular flexibility index (Phi) is 6.31. The van der Waals surface area contributed by atoms with Gasteiger partial charge in [0.15, 0.2) is 5.76 Å². The molecular weight excluding hydrogens is 549 g/mol. The zero-order chi connectivity index (χ0) is 26.1. The zero-order valence-corrected chi connectivity index (χ0v) is 21.4. The average molecular weight is 568 g/mol. The molecular formula is C30H19BrFN3O3. The number of para-hydroxylation sites is 1. The summed E-state index contributed by atoms with van der Waals surface area (Å²) in [7, 11) is 0. The first-order chi connectivity index (χ1) is 18.5. The average Bonchev–Trinajstić information content (AvgIpc) is 3.36. The second-order valence-corrected chi connectivity index (χ2v) is 9.47. The van der Waals surface area contributed by atoms with Gasteiger partial charge in [-0.2, -0.15) is 9.78 Å². The Hall–Kier alpha value is -4.56. The number of fused-ring (bicyclic) bond motifs is 2. The lowest BCUT2D eigenvalue weighted by molar-refractivity contribution is 0.300. The Morgan fingerprint density at radius 1 is 0.974 bits per heavy atom. The molecule has 0 saturated heterocycles. The highest BCUT2D eigenvalue weighted by atomic mass is 79.9. The van der Waals surface area contributed by atoms with Gasteiger partial charge in [-0.1, -0.05) is 46.3 Å². The number of benzene rings is 4. The van der Waals surface area contributed by atoms with Crippen LogP contribution in [-0.2, 0) is 6.61 Å². The fraction of sp³-hybridized carbons (Fsp3) is 0.0333. The molecule has 8 heteroatoms. The van der Waals surface area contributed by atoms with Gasteiger partial charge in [-0.25, -0.2) is 9.37 Å². The van der Waals surface area contributed by atoms with E-state index in [9.17, 15) is 9.18 Å². The Balaban J connectivity index is 1.33. The molecule has 0 atom stereocenters. The van der Waals surface area contributed by atoms with Crippen LogP contribution in [0.15, 0.2) is 116 Å². The zero-order valence-electron chi connectivity index (χ0n) is 19.8. The first-order valence-corrected chi connectivity index (χ1v) is 12.6. The lowest BCUT2D eigenvalue weighted by Gasteiger charge is -2.08. The van der Waals surface area contributed by atoms with E-state index in [-0.39, 0.29) is 18.0 Å². The monoisotopic (exact) mass is 567 g/mol. The van der Waals surface area contributed by atoms with Gasteiger partial charge in [0, 0.05) is 15.4 Å². The number of rotatable bonds is 6. The Bertz CT molecular complexity index is 1880. The van der Waals surface area contributed by atoms with Crippen LogP contribution in [0.3, 0.4) is 0 Å². The molecule has 6 nitrogen and oxygen atoms in total. The van der Waals surface area contributed by atoms with E-state index >= 15 is 0 Å². The van der Waals surface area contributed by atoms with Gasteiger partial charge in [0.2, 0.25) is 5.82 Å². The third kappa shape index (κ3) is 4.73. The summed E-state index contributed by atoms with van der Waals surface area (Å²) in [5.74, 6) is 1.000. The number of furan rings is 1. The van der Waals surface area contributed by atoms with E-state index in [1.54, 1.807) is 66.9 Å². The first-order valence-electron chi connectivity index (χ1n) is 11.8. The minimum Gasteiger partial charge on any atom is -0.489 e. The molecule has 0 amide bonds. The summed E-state index contributed by atoms with van der Waals surface area (Å²) in [4.78, 5) is 18.1. The second kappa shape index (κ2) is 10.1. The van der Waals surface area contributed by atoms with Crippen molar-refractivity contribution in [1.29, 1.82) is 0 Å². The normalized spacial score (nSPS) is 11.5. The number of nitrogens with zero attached hydrogens (tertiary/aromatic N) is 3. The minimum atomic E-state index is -0.312. The van der Waals surface area contributed by atoms with E-state index in [1.807, 2.05) is 30.3 Å². The molecule has 0 unspecified atom stereocenters. The highest BCUT2D eigenvalue weighted by Crippen LogP contribution is 2.29. The molecule has 0 aliphatic heterocycles. The van der Waals surface area contributed by atoms with Crippen molar-refractivity contribution in [2.24, 2.45) is 5.10 Å². The van der Waals surface area contributed by atoms with Crippen LogP contribution >= 0.6 is 15.9 Å². The molecule has 0 radical (unpaired) electrons. The van der Waals surface area contributed by atoms with Crippen LogP contribution in [0.1, 0.15) is 11.1 Å². The molecule has 186 valence electrons. The van der Waals surface area contributed by atoms with E-state index in [2.05, 4.69) is 21.0 Å². The van der Waals surface area contributed by atoms with Crippen molar-refractivity contribution in [3.8, 4) is 17.3 Å². The van der Waals surface area contributed by atoms with E-state index in [0.717, 1.165) is 15.4 Å². The van der Waals surface area contributed by atoms with Gasteiger partial charge < -0.3 is 9.15 Å². The summed E-state index contributed by atoms with van der Waals surface area (Å²) in [6.07, 6.45) is 1.57. The van der Waals surface area contributed by atoms with Crippen LogP contribution in [0.2, 0.25) is 0 Å². The van der Waals surface area contributed by atoms with E-state index < -0.39 is 0 Å². The molecule has 4 aromatic carbocycles. The van der Waals surface area contributed by atoms with E-state index in [0.29, 0.717) is 39.4 Å². The van der Waals surface area contributed by atoms with Gasteiger partial charge in [-0.05, 0) is 72.3 Å². The summed E-state index contributed by atoms with van der Waals surface area (Å²) in [5.41, 5.74) is 2.13. The molecule has 2 aromatic heterocycles. The standard InChI is InChI=1S/C30H19BrFN3O3/c31-22-11-14-27-21(15-22)16-28(38-27)29-34-26-8-4-2-6-24(26)30(36)35(29)33-17-19-9-12-23(13-10-19)37-18-20-5-1-3-7-25(20)32/h1-17H,18H2. The highest BCUT2D eigenvalue weighted by molar-refractivity contribution is 9.10. The van der Waals surface area contributed by atoms with Gasteiger partial charge in [-0.15, -0.1) is 0 Å². The predicted octanol–water partition coefficient (Wildman–Crippen LogP) is 7.17. The van der Waals surface area contributed by atoms with Crippen LogP contribution in [0, 0.1) is 5.82 Å². The van der Waals surface area contributed by atoms with Crippen molar-refractivity contribution >= 4 is 44.0 Å². The Morgan fingerprint density at radius 2 is 1.76 bits per heavy atom. The van der Waals surface area contributed by atoms with Crippen molar-refractivity contribution in [3.05, 3.63) is 129 Å². The maximum absolute atomic E-state index is 13.8. The molecule has 0 aliphatic rings. The molecule has 6 rings (SSSR count). The summed E-state index contributed by atoms with van der Waals surface area (Å²) >= 11 is 3.48. The molecule has 0 spiro atoms. The molecule has 0 fully saturated rings. The number of ether oxygens (including phenoxy) is 1. The molecule has 0 aliphatic carbocycles. The van der Waals surface area contributed by atoms with Crippen LogP contribution in [0.5, 0.6) is 5.75 Å². The van der Waals surface area contributed by atoms with Crippen LogP contribution in [-0.4, -0.2) is 15.9 Å². The fourth-order valence-electron chi connectivity index (χ4n) is 4.07. The molecule has 0 saturated carbocycles. The number of hydrogen-bond acceptors (Lipinski definition) is 5. The molecule has 38 heavy (non-hydrogen) atoms. The van der Waals surface area contributed by atoms with E-state index in [1.165, 1.54) is 10.7 Å². The molecule has 0 N–H and O–H groups in total. The Morgan fingerprint density at radius 3 is 2.61 bits per heavy atom. The van der Waals surface area contributed by atoms with Crippen LogP contribution < -0.4 is 10.3 Å². The smallest absolute Gasteiger partial charge is 0.282 e. The third-order valence-corrected chi connectivity index (χ3v) is 6.50. The van der Waals surface area contributed by atoms with Gasteiger partial charge in [0.05, 0.1) is 17.1 Å². The fourth-order valence-corrected chi connectivity index (χ4v) is 4.44. The van der Waals surface area contributed by atoms with Gasteiger partial charge in [0.25, 0.3) is 5.56 Å². The van der Waals surface area contributed by atoms with Crippen molar-refractivity contribution in [3.63, 3.8) is 0 Å². The van der Waals surface area contributed by atoms with Gasteiger partial charge >= 0.3 is 0 Å². The van der Waals surface area contributed by atoms with Gasteiger partial charge in [-0.3, -0.25) is 4.79 Å². The maximum atomic E-state index is 13.8. The lowest BCUT2D eigenvalue weighted by atomic mass is 10.2. The maximum Gasteiger partial charge on any atom is 0.282 e. The van der Waals surface area contributed by atoms with Gasteiger partial charge in [0.1, 0.15) is 23.8 Å². The van der Waals surface area contributed by atoms with E-state index in [4.69, 9.17) is 14.1 Å².